The van der Waals surface area contributed by atoms with Crippen molar-refractivity contribution in [1.82, 2.24) is 19.6 Å². The first-order valence-electron chi connectivity index (χ1n) is 7.79. The van der Waals surface area contributed by atoms with Crippen molar-refractivity contribution >= 4 is 47.4 Å². The van der Waals surface area contributed by atoms with Crippen molar-refractivity contribution < 1.29 is 4.79 Å². The van der Waals surface area contributed by atoms with Crippen molar-refractivity contribution in [3.8, 4) is 0 Å². The van der Waals surface area contributed by atoms with Crippen LogP contribution in [0.4, 0.5) is 5.13 Å². The van der Waals surface area contributed by atoms with Gasteiger partial charge in [-0.2, -0.15) is 4.37 Å². The standard InChI is InChI=1S/C14H23N5OS.2ClH/c1-11-16-14(21-17-11)19-7-3-6-18(8-9-19)13(20)12-4-2-5-15-10-12;;/h12,15H,2-10H2,1H3;2*1H. The van der Waals surface area contributed by atoms with E-state index in [0.29, 0.717) is 5.91 Å². The van der Waals surface area contributed by atoms with Crippen LogP contribution in [0.3, 0.4) is 0 Å². The number of carbonyl (C=O) groups excluding carboxylic acids is 1. The summed E-state index contributed by atoms with van der Waals surface area (Å²) in [6.45, 7) is 7.30. The lowest BCUT2D eigenvalue weighted by molar-refractivity contribution is -0.135. The number of aromatic nitrogens is 2. The van der Waals surface area contributed by atoms with Crippen molar-refractivity contribution in [2.75, 3.05) is 44.2 Å². The van der Waals surface area contributed by atoms with Crippen LogP contribution in [-0.4, -0.2) is 59.4 Å². The van der Waals surface area contributed by atoms with E-state index in [2.05, 4.69) is 19.6 Å². The maximum atomic E-state index is 12.6. The Morgan fingerprint density at radius 3 is 2.70 bits per heavy atom. The Hall–Kier alpha value is -0.630. The second-order valence-corrected chi connectivity index (χ2v) is 6.56. The summed E-state index contributed by atoms with van der Waals surface area (Å²) < 4.78 is 4.25. The molecule has 1 amide bonds. The van der Waals surface area contributed by atoms with Gasteiger partial charge in [-0.15, -0.1) is 24.8 Å². The van der Waals surface area contributed by atoms with E-state index in [0.717, 1.165) is 69.5 Å². The minimum Gasteiger partial charge on any atom is -0.345 e. The molecule has 1 aromatic heterocycles. The smallest absolute Gasteiger partial charge is 0.227 e. The third kappa shape index (κ3) is 5.17. The lowest BCUT2D eigenvalue weighted by atomic mass is 9.98. The molecule has 1 aromatic rings. The zero-order valence-electron chi connectivity index (χ0n) is 13.4. The van der Waals surface area contributed by atoms with Crippen LogP contribution in [0.15, 0.2) is 0 Å². The molecule has 2 fully saturated rings. The van der Waals surface area contributed by atoms with Crippen LogP contribution in [0.5, 0.6) is 0 Å². The predicted octanol–water partition coefficient (Wildman–Crippen LogP) is 1.73. The Morgan fingerprint density at radius 1 is 1.22 bits per heavy atom. The number of halogens is 2. The highest BCUT2D eigenvalue weighted by atomic mass is 35.5. The van der Waals surface area contributed by atoms with Gasteiger partial charge in [0.15, 0.2) is 0 Å². The highest BCUT2D eigenvalue weighted by molar-refractivity contribution is 7.09. The SMILES string of the molecule is Cc1nsc(N2CCCN(C(=O)C3CCCNC3)CC2)n1.Cl.Cl. The van der Waals surface area contributed by atoms with Gasteiger partial charge in [0.05, 0.1) is 5.92 Å². The molecule has 1 atom stereocenters. The van der Waals surface area contributed by atoms with Crippen LogP contribution >= 0.6 is 36.3 Å². The van der Waals surface area contributed by atoms with Crippen molar-refractivity contribution in [1.29, 1.82) is 0 Å². The average Bonchev–Trinajstić information content (AvgIpc) is 2.81. The molecule has 23 heavy (non-hydrogen) atoms. The fourth-order valence-corrected chi connectivity index (χ4v) is 3.79. The first-order valence-corrected chi connectivity index (χ1v) is 8.56. The largest absolute Gasteiger partial charge is 0.345 e. The number of nitrogens with one attached hydrogen (secondary N) is 1. The fourth-order valence-electron chi connectivity index (χ4n) is 3.06. The van der Waals surface area contributed by atoms with Crippen LogP contribution < -0.4 is 10.2 Å². The number of carbonyl (C=O) groups is 1. The van der Waals surface area contributed by atoms with E-state index in [9.17, 15) is 4.79 Å². The molecule has 2 aliphatic heterocycles. The zero-order valence-corrected chi connectivity index (χ0v) is 15.8. The summed E-state index contributed by atoms with van der Waals surface area (Å²) in [6, 6.07) is 0. The Kier molecular flexibility index (Phi) is 8.53. The molecule has 2 aliphatic rings. The molecule has 1 N–H and O–H groups in total. The Morgan fingerprint density at radius 2 is 2.04 bits per heavy atom. The van der Waals surface area contributed by atoms with Gasteiger partial charge >= 0.3 is 0 Å². The van der Waals surface area contributed by atoms with E-state index in [1.54, 1.807) is 0 Å². The van der Waals surface area contributed by atoms with E-state index in [1.165, 1.54) is 11.5 Å². The monoisotopic (exact) mass is 381 g/mol. The van der Waals surface area contributed by atoms with Crippen molar-refractivity contribution in [2.24, 2.45) is 5.92 Å². The second kappa shape index (κ2) is 9.61. The van der Waals surface area contributed by atoms with E-state index < -0.39 is 0 Å². The van der Waals surface area contributed by atoms with Gasteiger partial charge in [0.1, 0.15) is 5.82 Å². The summed E-state index contributed by atoms with van der Waals surface area (Å²) in [4.78, 5) is 21.4. The summed E-state index contributed by atoms with van der Waals surface area (Å²) in [5.41, 5.74) is 0. The molecule has 3 heterocycles. The third-order valence-corrected chi connectivity index (χ3v) is 5.11. The number of hydrogen-bond acceptors (Lipinski definition) is 6. The summed E-state index contributed by atoms with van der Waals surface area (Å²) in [7, 11) is 0. The number of piperidine rings is 1. The highest BCUT2D eigenvalue weighted by Crippen LogP contribution is 2.20. The van der Waals surface area contributed by atoms with Gasteiger partial charge in [0.25, 0.3) is 0 Å². The molecule has 3 rings (SSSR count). The minimum absolute atomic E-state index is 0. The molecular formula is C14H25Cl2N5OS. The first-order chi connectivity index (χ1) is 10.2. The zero-order chi connectivity index (χ0) is 14.7. The van der Waals surface area contributed by atoms with Gasteiger partial charge in [-0.05, 0) is 32.7 Å². The minimum atomic E-state index is 0. The number of aryl methyl sites for hydroxylation is 1. The molecule has 0 radical (unpaired) electrons. The molecule has 0 aliphatic carbocycles. The molecule has 1 unspecified atom stereocenters. The van der Waals surface area contributed by atoms with Gasteiger partial charge in [-0.25, -0.2) is 4.98 Å². The number of anilines is 1. The average molecular weight is 382 g/mol. The maximum absolute atomic E-state index is 12.6. The van der Waals surface area contributed by atoms with Crippen LogP contribution in [0.1, 0.15) is 25.1 Å². The van der Waals surface area contributed by atoms with Crippen LogP contribution in [0.25, 0.3) is 0 Å². The fraction of sp³-hybridized carbons (Fsp3) is 0.786. The first kappa shape index (κ1) is 20.4. The molecule has 0 aromatic carbocycles. The van der Waals surface area contributed by atoms with Crippen molar-refractivity contribution in [2.45, 2.75) is 26.2 Å². The number of amides is 1. The second-order valence-electron chi connectivity index (χ2n) is 5.83. The van der Waals surface area contributed by atoms with Gasteiger partial charge in [0, 0.05) is 44.3 Å². The summed E-state index contributed by atoms with van der Waals surface area (Å²) in [5, 5.41) is 4.32. The topological polar surface area (TPSA) is 61.4 Å². The number of rotatable bonds is 2. The molecule has 6 nitrogen and oxygen atoms in total. The number of nitrogens with zero attached hydrogens (tertiary/aromatic N) is 4. The quantitative estimate of drug-likeness (QED) is 0.844. The predicted molar refractivity (Wildman–Crippen MR) is 98.1 cm³/mol. The molecule has 0 spiro atoms. The Balaban J connectivity index is 0.00000132. The molecule has 0 saturated carbocycles. The molecular weight excluding hydrogens is 357 g/mol. The van der Waals surface area contributed by atoms with E-state index in [1.807, 2.05) is 11.8 Å². The highest BCUT2D eigenvalue weighted by Gasteiger charge is 2.27. The van der Waals surface area contributed by atoms with E-state index in [-0.39, 0.29) is 30.7 Å². The van der Waals surface area contributed by atoms with E-state index >= 15 is 0 Å². The van der Waals surface area contributed by atoms with Crippen LogP contribution in [-0.2, 0) is 4.79 Å². The van der Waals surface area contributed by atoms with Gasteiger partial charge in [-0.1, -0.05) is 0 Å². The summed E-state index contributed by atoms with van der Waals surface area (Å²) in [5.74, 6) is 1.34. The summed E-state index contributed by atoms with van der Waals surface area (Å²) in [6.07, 6.45) is 3.15. The van der Waals surface area contributed by atoms with Gasteiger partial charge in [-0.3, -0.25) is 4.79 Å². The Labute approximate surface area is 154 Å². The van der Waals surface area contributed by atoms with Crippen LogP contribution in [0.2, 0.25) is 0 Å². The summed E-state index contributed by atoms with van der Waals surface area (Å²) >= 11 is 1.45. The lowest BCUT2D eigenvalue weighted by Gasteiger charge is -2.28. The number of hydrogen-bond donors (Lipinski definition) is 1. The van der Waals surface area contributed by atoms with Crippen LogP contribution in [0, 0.1) is 12.8 Å². The normalized spacial score (nSPS) is 21.9. The van der Waals surface area contributed by atoms with Gasteiger partial charge in [0.2, 0.25) is 11.0 Å². The van der Waals surface area contributed by atoms with Gasteiger partial charge < -0.3 is 15.1 Å². The van der Waals surface area contributed by atoms with Crippen molar-refractivity contribution in [3.63, 3.8) is 0 Å². The lowest BCUT2D eigenvalue weighted by Crippen LogP contribution is -2.44. The van der Waals surface area contributed by atoms with Crippen molar-refractivity contribution in [3.05, 3.63) is 5.82 Å². The maximum Gasteiger partial charge on any atom is 0.227 e. The van der Waals surface area contributed by atoms with E-state index in [4.69, 9.17) is 0 Å². The Bertz CT molecular complexity index is 495. The molecule has 132 valence electrons. The molecule has 9 heteroatoms. The molecule has 0 bridgehead atoms. The third-order valence-electron chi connectivity index (χ3n) is 4.24. The molecule has 2 saturated heterocycles.